The molecule has 2 nitrogen and oxygen atoms in total. The average Bonchev–Trinajstić information content (AvgIpc) is 3.51. The van der Waals surface area contributed by atoms with Gasteiger partial charge in [-0.05, 0) is 92.5 Å². The van der Waals surface area contributed by atoms with E-state index in [1.54, 1.807) is 0 Å². The second-order valence-corrected chi connectivity index (χ2v) is 12.0. The highest BCUT2D eigenvalue weighted by Gasteiger charge is 2.30. The molecule has 0 aliphatic carbocycles. The molecule has 8 aromatic carbocycles. The number of benzene rings is 8. The molecule has 1 heterocycles. The number of nitrogens with zero attached hydrogens (tertiary/aromatic N) is 1. The summed E-state index contributed by atoms with van der Waals surface area (Å²) < 4.78 is 47.0. The number of furan rings is 1. The maximum Gasteiger partial charge on any atom is 0.416 e. The minimum absolute atomic E-state index is 0.625. The molecular weight excluding hydrogens is 603 g/mol. The van der Waals surface area contributed by atoms with Gasteiger partial charge in [0.25, 0.3) is 0 Å². The molecule has 0 aliphatic rings. The van der Waals surface area contributed by atoms with Crippen molar-refractivity contribution in [3.63, 3.8) is 0 Å². The molecule has 0 amide bonds. The summed E-state index contributed by atoms with van der Waals surface area (Å²) >= 11 is 0. The number of anilines is 3. The summed E-state index contributed by atoms with van der Waals surface area (Å²) in [5, 5.41) is 8.93. The Morgan fingerprint density at radius 1 is 0.417 bits per heavy atom. The predicted octanol–water partition coefficient (Wildman–Crippen LogP) is 13.2. The van der Waals surface area contributed by atoms with Gasteiger partial charge in [-0.2, -0.15) is 13.2 Å². The van der Waals surface area contributed by atoms with Gasteiger partial charge in [0, 0.05) is 33.4 Å². The van der Waals surface area contributed by atoms with Crippen LogP contribution in [0.4, 0.5) is 30.2 Å². The van der Waals surface area contributed by atoms with E-state index in [1.165, 1.54) is 17.5 Å². The number of para-hydroxylation sites is 2. The van der Waals surface area contributed by atoms with Crippen LogP contribution in [0, 0.1) is 0 Å². The quantitative estimate of drug-likeness (QED) is 0.180. The molecule has 0 fully saturated rings. The summed E-state index contributed by atoms with van der Waals surface area (Å²) in [4.78, 5) is 2.01. The third-order valence-corrected chi connectivity index (χ3v) is 9.28. The van der Waals surface area contributed by atoms with Crippen LogP contribution >= 0.6 is 0 Å². The van der Waals surface area contributed by atoms with Gasteiger partial charge in [-0.25, -0.2) is 0 Å². The molecule has 0 radical (unpaired) electrons. The van der Waals surface area contributed by atoms with Gasteiger partial charge in [0.15, 0.2) is 0 Å². The van der Waals surface area contributed by atoms with Gasteiger partial charge >= 0.3 is 6.18 Å². The Morgan fingerprint density at radius 3 is 1.54 bits per heavy atom. The lowest BCUT2D eigenvalue weighted by Gasteiger charge is -2.27. The van der Waals surface area contributed by atoms with E-state index >= 15 is 0 Å². The second-order valence-electron chi connectivity index (χ2n) is 12.0. The van der Waals surface area contributed by atoms with Crippen LogP contribution in [0.15, 0.2) is 162 Å². The number of halogens is 3. The Morgan fingerprint density at radius 2 is 0.917 bits per heavy atom. The predicted molar refractivity (Wildman–Crippen MR) is 191 cm³/mol. The summed E-state index contributed by atoms with van der Waals surface area (Å²) in [5.74, 6) is 0. The van der Waals surface area contributed by atoms with Gasteiger partial charge < -0.3 is 9.32 Å². The van der Waals surface area contributed by atoms with Crippen LogP contribution in [0.1, 0.15) is 5.56 Å². The highest BCUT2D eigenvalue weighted by molar-refractivity contribution is 6.25. The van der Waals surface area contributed by atoms with Crippen LogP contribution in [-0.2, 0) is 6.18 Å². The first-order valence-corrected chi connectivity index (χ1v) is 15.8. The van der Waals surface area contributed by atoms with Crippen LogP contribution in [0.25, 0.3) is 65.4 Å². The van der Waals surface area contributed by atoms with Gasteiger partial charge in [-0.15, -0.1) is 0 Å². The molecule has 0 saturated carbocycles. The molecule has 9 aromatic rings. The van der Waals surface area contributed by atoms with Gasteiger partial charge in [0.1, 0.15) is 11.2 Å². The third-order valence-electron chi connectivity index (χ3n) is 9.28. The topological polar surface area (TPSA) is 16.4 Å². The summed E-state index contributed by atoms with van der Waals surface area (Å²) in [6.45, 7) is 0. The molecule has 230 valence electrons. The summed E-state index contributed by atoms with van der Waals surface area (Å²) in [6, 6.07) is 50.7. The average molecular weight is 630 g/mol. The van der Waals surface area contributed by atoms with Crippen molar-refractivity contribution in [2.45, 2.75) is 6.18 Å². The Balaban J connectivity index is 1.22. The van der Waals surface area contributed by atoms with E-state index in [2.05, 4.69) is 54.6 Å². The first kappa shape index (κ1) is 28.2. The van der Waals surface area contributed by atoms with Crippen molar-refractivity contribution < 1.29 is 17.6 Å². The van der Waals surface area contributed by atoms with E-state index in [0.717, 1.165) is 83.5 Å². The Labute approximate surface area is 273 Å². The van der Waals surface area contributed by atoms with Crippen molar-refractivity contribution in [1.29, 1.82) is 0 Å². The molecule has 5 heteroatoms. The molecule has 0 aliphatic heterocycles. The Kier molecular flexibility index (Phi) is 6.31. The standard InChI is InChI=1S/C43H26F3NO/c44-43(45,46)28-18-22-30(23-19-28)47(31-24-25-37-35-10-2-1-8-33(35)34-9-3-4-11-36(34)40(37)26-31)29-20-16-27(17-21-29)32-13-7-14-39-38-12-5-6-15-41(38)48-42(32)39/h1-26H. The van der Waals surface area contributed by atoms with Crippen LogP contribution in [0.3, 0.4) is 0 Å². The van der Waals surface area contributed by atoms with E-state index < -0.39 is 11.7 Å². The fourth-order valence-corrected chi connectivity index (χ4v) is 7.05. The van der Waals surface area contributed by atoms with Gasteiger partial charge in [-0.1, -0.05) is 103 Å². The van der Waals surface area contributed by atoms with Crippen LogP contribution in [-0.4, -0.2) is 0 Å². The number of rotatable bonds is 4. The number of fused-ring (bicyclic) bond motifs is 9. The van der Waals surface area contributed by atoms with Crippen molar-refractivity contribution in [2.24, 2.45) is 0 Å². The van der Waals surface area contributed by atoms with Gasteiger partial charge in [0.2, 0.25) is 0 Å². The molecule has 48 heavy (non-hydrogen) atoms. The smallest absolute Gasteiger partial charge is 0.416 e. The summed E-state index contributed by atoms with van der Waals surface area (Å²) in [6.07, 6.45) is -4.42. The molecule has 0 saturated heterocycles. The zero-order chi connectivity index (χ0) is 32.4. The van der Waals surface area contributed by atoms with Crippen molar-refractivity contribution in [2.75, 3.05) is 4.90 Å². The lowest BCUT2D eigenvalue weighted by Crippen LogP contribution is -2.11. The minimum atomic E-state index is -4.42. The monoisotopic (exact) mass is 629 g/mol. The van der Waals surface area contributed by atoms with Crippen LogP contribution in [0.2, 0.25) is 0 Å². The maximum absolute atomic E-state index is 13.6. The molecule has 9 rings (SSSR count). The molecule has 0 spiro atoms. The van der Waals surface area contributed by atoms with Crippen LogP contribution < -0.4 is 4.90 Å². The SMILES string of the molecule is FC(F)(F)c1ccc(N(c2ccc(-c3cccc4c3oc3ccccc34)cc2)c2ccc3c4ccccc4c4ccccc4c3c2)cc1. The highest BCUT2D eigenvalue weighted by atomic mass is 19.4. The first-order valence-electron chi connectivity index (χ1n) is 15.8. The van der Waals surface area contributed by atoms with E-state index in [4.69, 9.17) is 4.42 Å². The van der Waals surface area contributed by atoms with Crippen molar-refractivity contribution in [3.8, 4) is 11.1 Å². The summed E-state index contributed by atoms with van der Waals surface area (Å²) in [7, 11) is 0. The zero-order valence-corrected chi connectivity index (χ0v) is 25.5. The normalized spacial score (nSPS) is 12.1. The summed E-state index contributed by atoms with van der Waals surface area (Å²) in [5.41, 5.74) is 5.21. The van der Waals surface area contributed by atoms with Crippen LogP contribution in [0.5, 0.6) is 0 Å². The van der Waals surface area contributed by atoms with E-state index in [9.17, 15) is 13.2 Å². The highest BCUT2D eigenvalue weighted by Crippen LogP contribution is 2.43. The minimum Gasteiger partial charge on any atom is -0.455 e. The van der Waals surface area contributed by atoms with E-state index in [0.29, 0.717) is 5.69 Å². The molecule has 0 atom stereocenters. The fourth-order valence-electron chi connectivity index (χ4n) is 7.05. The van der Waals surface area contributed by atoms with Gasteiger partial charge in [-0.3, -0.25) is 0 Å². The largest absolute Gasteiger partial charge is 0.455 e. The first-order chi connectivity index (χ1) is 23.4. The molecular formula is C43H26F3NO. The van der Waals surface area contributed by atoms with Crippen molar-refractivity contribution in [1.82, 2.24) is 0 Å². The molecule has 0 N–H and O–H groups in total. The van der Waals surface area contributed by atoms with Crippen molar-refractivity contribution in [3.05, 3.63) is 163 Å². The van der Waals surface area contributed by atoms with E-state index in [-0.39, 0.29) is 0 Å². The zero-order valence-electron chi connectivity index (χ0n) is 25.5. The number of hydrogen-bond acceptors (Lipinski definition) is 2. The number of hydrogen-bond donors (Lipinski definition) is 0. The molecule has 0 bridgehead atoms. The fraction of sp³-hybridized carbons (Fsp3) is 0.0233. The third kappa shape index (κ3) is 4.50. The van der Waals surface area contributed by atoms with Gasteiger partial charge in [0.05, 0.1) is 5.56 Å². The second kappa shape index (κ2) is 10.7. The Hall–Kier alpha value is -6.07. The lowest BCUT2D eigenvalue weighted by atomic mass is 9.94. The Bertz CT molecular complexity index is 2620. The molecule has 0 unspecified atom stereocenters. The maximum atomic E-state index is 13.6. The van der Waals surface area contributed by atoms with E-state index in [1.807, 2.05) is 83.8 Å². The van der Waals surface area contributed by atoms with Crippen molar-refractivity contribution >= 4 is 71.3 Å². The number of alkyl halides is 3. The lowest BCUT2D eigenvalue weighted by molar-refractivity contribution is -0.137. The molecule has 1 aromatic heterocycles.